The summed E-state index contributed by atoms with van der Waals surface area (Å²) >= 11 is 0. The number of carbonyl (C=O) groups is 1. The third-order valence-electron chi connectivity index (χ3n) is 6.88. The molecule has 2 aliphatic heterocycles. The van der Waals surface area contributed by atoms with Crippen molar-refractivity contribution in [1.29, 1.82) is 0 Å². The molecule has 5 nitrogen and oxygen atoms in total. The second-order valence-electron chi connectivity index (χ2n) is 9.16. The van der Waals surface area contributed by atoms with Gasteiger partial charge in [0.25, 0.3) is 5.91 Å². The zero-order chi connectivity index (χ0) is 22.1. The van der Waals surface area contributed by atoms with Crippen LogP contribution in [0.1, 0.15) is 60.9 Å². The molecule has 0 spiro atoms. The van der Waals surface area contributed by atoms with Gasteiger partial charge in [-0.1, -0.05) is 36.4 Å². The molecule has 0 radical (unpaired) electrons. The molecule has 5 atom stereocenters. The maximum atomic E-state index is 13.6. The predicted octanol–water partition coefficient (Wildman–Crippen LogP) is 3.55. The number of rotatable bonds is 5. The summed E-state index contributed by atoms with van der Waals surface area (Å²) in [5.74, 6) is -0.717. The van der Waals surface area contributed by atoms with Crippen LogP contribution in [-0.2, 0) is 4.74 Å². The molecule has 0 unspecified atom stereocenters. The number of aliphatic hydroxyl groups is 2. The number of hydrogen-bond acceptors (Lipinski definition) is 4. The van der Waals surface area contributed by atoms with Crippen LogP contribution in [0.3, 0.4) is 0 Å². The van der Waals surface area contributed by atoms with Crippen LogP contribution in [0, 0.1) is 5.82 Å². The molecule has 6 heteroatoms. The first-order chi connectivity index (χ1) is 14.8. The Labute approximate surface area is 182 Å². The van der Waals surface area contributed by atoms with Gasteiger partial charge in [-0.05, 0) is 68.7 Å². The number of benzene rings is 2. The molecule has 1 amide bonds. The smallest absolute Gasteiger partial charge is 0.251 e. The van der Waals surface area contributed by atoms with E-state index in [1.807, 2.05) is 25.1 Å². The van der Waals surface area contributed by atoms with Gasteiger partial charge in [-0.15, -0.1) is 0 Å². The molecule has 2 aromatic carbocycles. The van der Waals surface area contributed by atoms with Gasteiger partial charge in [0.15, 0.2) is 0 Å². The minimum absolute atomic E-state index is 0.00595. The number of carbonyl (C=O) groups excluding carboxylic acids is 1. The van der Waals surface area contributed by atoms with Crippen molar-refractivity contribution in [3.8, 4) is 0 Å². The molecule has 2 saturated heterocycles. The van der Waals surface area contributed by atoms with Crippen LogP contribution in [0.5, 0.6) is 0 Å². The molecular weight excluding hydrogens is 397 g/mol. The van der Waals surface area contributed by atoms with E-state index >= 15 is 0 Å². The predicted molar refractivity (Wildman–Crippen MR) is 115 cm³/mol. The molecule has 0 aromatic heterocycles. The lowest BCUT2D eigenvalue weighted by Crippen LogP contribution is -2.58. The monoisotopic (exact) mass is 427 g/mol. The number of nitrogens with one attached hydrogen (secondary N) is 1. The number of amides is 1. The van der Waals surface area contributed by atoms with Crippen molar-refractivity contribution < 1.29 is 24.1 Å². The summed E-state index contributed by atoms with van der Waals surface area (Å²) in [4.78, 5) is 12.7. The SMILES string of the molecule is C[C@]12C[C@@H](c3ccccc3)C[C@](CCO)(CC[C@@H](NC(=O)c3cccc(F)c3)[C@@H]1O)O2. The number of aliphatic hydroxyl groups excluding tert-OH is 2. The highest BCUT2D eigenvalue weighted by atomic mass is 19.1. The highest BCUT2D eigenvalue weighted by Crippen LogP contribution is 2.51. The highest BCUT2D eigenvalue weighted by Gasteiger charge is 2.54. The Kier molecular flexibility index (Phi) is 6.15. The Morgan fingerprint density at radius 1 is 1.19 bits per heavy atom. The van der Waals surface area contributed by atoms with Gasteiger partial charge in [0.05, 0.1) is 17.2 Å². The molecular formula is C25H30FNO4. The number of halogens is 1. The summed E-state index contributed by atoms with van der Waals surface area (Å²) in [6.45, 7) is 1.89. The van der Waals surface area contributed by atoms with Crippen molar-refractivity contribution in [3.63, 3.8) is 0 Å². The fraction of sp³-hybridized carbons (Fsp3) is 0.480. The lowest BCUT2D eigenvalue weighted by atomic mass is 9.73. The summed E-state index contributed by atoms with van der Waals surface area (Å²) in [6.07, 6.45) is 2.03. The van der Waals surface area contributed by atoms with Crippen molar-refractivity contribution in [1.82, 2.24) is 5.32 Å². The second-order valence-corrected chi connectivity index (χ2v) is 9.16. The molecule has 3 N–H and O–H groups in total. The largest absolute Gasteiger partial charge is 0.396 e. The molecule has 2 bridgehead atoms. The number of hydrogen-bond donors (Lipinski definition) is 3. The maximum absolute atomic E-state index is 13.6. The minimum Gasteiger partial charge on any atom is -0.396 e. The van der Waals surface area contributed by atoms with Crippen LogP contribution < -0.4 is 5.32 Å². The summed E-state index contributed by atoms with van der Waals surface area (Å²) < 4.78 is 20.1. The highest BCUT2D eigenvalue weighted by molar-refractivity contribution is 5.94. The van der Waals surface area contributed by atoms with E-state index in [0.717, 1.165) is 6.42 Å². The Bertz CT molecular complexity index is 923. The van der Waals surface area contributed by atoms with E-state index in [4.69, 9.17) is 4.74 Å². The first kappa shape index (κ1) is 21.9. The zero-order valence-electron chi connectivity index (χ0n) is 17.8. The van der Waals surface area contributed by atoms with Gasteiger partial charge in [-0.2, -0.15) is 0 Å². The van der Waals surface area contributed by atoms with Gasteiger partial charge in [0.1, 0.15) is 11.9 Å². The van der Waals surface area contributed by atoms with Crippen LogP contribution in [0.4, 0.5) is 4.39 Å². The summed E-state index contributed by atoms with van der Waals surface area (Å²) in [6, 6.07) is 15.2. The molecule has 31 heavy (non-hydrogen) atoms. The van der Waals surface area contributed by atoms with E-state index in [0.29, 0.717) is 25.7 Å². The lowest BCUT2D eigenvalue weighted by Gasteiger charge is -2.50. The van der Waals surface area contributed by atoms with Crippen LogP contribution in [-0.4, -0.2) is 46.1 Å². The fourth-order valence-electron chi connectivity index (χ4n) is 5.40. The van der Waals surface area contributed by atoms with Crippen LogP contribution >= 0.6 is 0 Å². The Balaban J connectivity index is 1.61. The van der Waals surface area contributed by atoms with E-state index in [9.17, 15) is 19.4 Å². The fourth-order valence-corrected chi connectivity index (χ4v) is 5.40. The molecule has 2 aliphatic rings. The third kappa shape index (κ3) is 4.52. The molecule has 4 rings (SSSR count). The summed E-state index contributed by atoms with van der Waals surface area (Å²) in [7, 11) is 0. The van der Waals surface area contributed by atoms with Gasteiger partial charge >= 0.3 is 0 Å². The van der Waals surface area contributed by atoms with Crippen molar-refractivity contribution in [2.45, 2.75) is 68.3 Å². The Hall–Kier alpha value is -2.28. The van der Waals surface area contributed by atoms with Gasteiger partial charge in [-0.3, -0.25) is 4.79 Å². The number of fused-ring (bicyclic) bond motifs is 2. The summed E-state index contributed by atoms with van der Waals surface area (Å²) in [5, 5.41) is 24.0. The van der Waals surface area contributed by atoms with E-state index in [-0.39, 0.29) is 18.1 Å². The number of ether oxygens (including phenoxy) is 1. The van der Waals surface area contributed by atoms with E-state index < -0.39 is 35.1 Å². The third-order valence-corrected chi connectivity index (χ3v) is 6.88. The Morgan fingerprint density at radius 3 is 2.68 bits per heavy atom. The molecule has 2 aromatic rings. The van der Waals surface area contributed by atoms with Crippen LogP contribution in [0.15, 0.2) is 54.6 Å². The van der Waals surface area contributed by atoms with Crippen LogP contribution in [0.2, 0.25) is 0 Å². The van der Waals surface area contributed by atoms with E-state index in [2.05, 4.69) is 17.4 Å². The quantitative estimate of drug-likeness (QED) is 0.682. The summed E-state index contributed by atoms with van der Waals surface area (Å²) in [5.41, 5.74) is -0.0437. The topological polar surface area (TPSA) is 78.8 Å². The average molecular weight is 428 g/mol. The molecule has 166 valence electrons. The van der Waals surface area contributed by atoms with Crippen molar-refractivity contribution in [3.05, 3.63) is 71.5 Å². The van der Waals surface area contributed by atoms with Gasteiger partial charge in [0.2, 0.25) is 0 Å². The van der Waals surface area contributed by atoms with Gasteiger partial charge in [-0.25, -0.2) is 4.39 Å². The van der Waals surface area contributed by atoms with Gasteiger partial charge in [0, 0.05) is 12.2 Å². The van der Waals surface area contributed by atoms with Crippen molar-refractivity contribution in [2.24, 2.45) is 0 Å². The first-order valence-corrected chi connectivity index (χ1v) is 10.9. The molecule has 2 fully saturated rings. The normalized spacial score (nSPS) is 32.8. The maximum Gasteiger partial charge on any atom is 0.251 e. The standard InChI is InChI=1S/C25H30FNO4/c1-24-15-19(17-6-3-2-4-7-17)16-25(31-24,12-13-28)11-10-21(22(24)29)27-23(30)18-8-5-9-20(26)14-18/h2-9,14,19,21-22,28-29H,10-13,15-16H2,1H3,(H,27,30)/t19-,21-,22+,24+,25-/m1/s1. The van der Waals surface area contributed by atoms with E-state index in [1.165, 1.54) is 23.8 Å². The molecule has 0 aliphatic carbocycles. The Morgan fingerprint density at radius 2 is 1.97 bits per heavy atom. The van der Waals surface area contributed by atoms with Crippen molar-refractivity contribution >= 4 is 5.91 Å². The van der Waals surface area contributed by atoms with Gasteiger partial charge < -0.3 is 20.3 Å². The lowest BCUT2D eigenvalue weighted by molar-refractivity contribution is -0.223. The van der Waals surface area contributed by atoms with E-state index in [1.54, 1.807) is 6.07 Å². The first-order valence-electron chi connectivity index (χ1n) is 10.9. The zero-order valence-corrected chi connectivity index (χ0v) is 17.8. The molecule has 0 saturated carbocycles. The van der Waals surface area contributed by atoms with Crippen molar-refractivity contribution in [2.75, 3.05) is 6.61 Å². The minimum atomic E-state index is -0.933. The second kappa shape index (κ2) is 8.69. The average Bonchev–Trinajstić information content (AvgIpc) is 2.82. The van der Waals surface area contributed by atoms with Crippen LogP contribution in [0.25, 0.3) is 0 Å². The molecule has 2 heterocycles.